The molecule has 2 nitrogen and oxygen atoms in total. The Morgan fingerprint density at radius 2 is 1.60 bits per heavy atom. The van der Waals surface area contributed by atoms with Crippen LogP contribution in [0.2, 0.25) is 0 Å². The molecule has 20 heavy (non-hydrogen) atoms. The fraction of sp³-hybridized carbons (Fsp3) is 0.588. The number of amides is 1. The van der Waals surface area contributed by atoms with Gasteiger partial charge >= 0.3 is 0 Å². The lowest BCUT2D eigenvalue weighted by Gasteiger charge is -2.31. The molecule has 0 saturated carbocycles. The topological polar surface area (TPSA) is 29.1 Å². The third-order valence-electron chi connectivity index (χ3n) is 4.00. The van der Waals surface area contributed by atoms with Gasteiger partial charge in [0.1, 0.15) is 0 Å². The number of carbonyl (C=O) groups excluding carboxylic acids is 1. The summed E-state index contributed by atoms with van der Waals surface area (Å²) in [6.45, 7) is 10.7. The Labute approximate surface area is 131 Å². The van der Waals surface area contributed by atoms with Crippen LogP contribution in [0.15, 0.2) is 24.3 Å². The van der Waals surface area contributed by atoms with Crippen LogP contribution in [0, 0.1) is 0 Å². The molecular weight excluding hydrogens is 314 g/mol. The highest BCUT2D eigenvalue weighted by Crippen LogP contribution is 2.23. The van der Waals surface area contributed by atoms with Gasteiger partial charge in [0.2, 0.25) is 0 Å². The molecule has 3 heteroatoms. The fourth-order valence-corrected chi connectivity index (χ4v) is 3.02. The van der Waals surface area contributed by atoms with E-state index in [1.165, 1.54) is 5.56 Å². The van der Waals surface area contributed by atoms with E-state index in [9.17, 15) is 4.79 Å². The maximum atomic E-state index is 12.4. The summed E-state index contributed by atoms with van der Waals surface area (Å²) < 4.78 is 0. The first-order valence-electron chi connectivity index (χ1n) is 7.27. The molecule has 1 rings (SSSR count). The highest BCUT2D eigenvalue weighted by atomic mass is 79.9. The van der Waals surface area contributed by atoms with E-state index in [0.717, 1.165) is 23.7 Å². The van der Waals surface area contributed by atoms with Crippen molar-refractivity contribution in [3.63, 3.8) is 0 Å². The molecule has 1 aromatic rings. The number of carbonyl (C=O) groups is 1. The third-order valence-corrected chi connectivity index (χ3v) is 5.07. The fourth-order valence-electron chi connectivity index (χ4n) is 2.08. The monoisotopic (exact) mass is 339 g/mol. The lowest BCUT2D eigenvalue weighted by molar-refractivity contribution is 0.0903. The molecule has 0 spiro atoms. The molecule has 1 N–H and O–H groups in total. The van der Waals surface area contributed by atoms with Gasteiger partial charge in [-0.25, -0.2) is 0 Å². The zero-order valence-corrected chi connectivity index (χ0v) is 14.8. The number of hydrogen-bond acceptors (Lipinski definition) is 1. The van der Waals surface area contributed by atoms with Crippen molar-refractivity contribution in [1.82, 2.24) is 5.32 Å². The van der Waals surface area contributed by atoms with E-state index in [1.54, 1.807) is 0 Å². The summed E-state index contributed by atoms with van der Waals surface area (Å²) in [5.74, 6) is 0.00797. The Hall–Kier alpha value is -0.830. The summed E-state index contributed by atoms with van der Waals surface area (Å²) in [4.78, 5) is 12.4. The van der Waals surface area contributed by atoms with Crippen LogP contribution >= 0.6 is 15.9 Å². The minimum atomic E-state index is -0.153. The Balaban J connectivity index is 2.88. The summed E-state index contributed by atoms with van der Waals surface area (Å²) in [7, 11) is 0. The Morgan fingerprint density at radius 1 is 1.10 bits per heavy atom. The van der Waals surface area contributed by atoms with Gasteiger partial charge in [-0.2, -0.15) is 0 Å². The van der Waals surface area contributed by atoms with Crippen LogP contribution in [0.4, 0.5) is 0 Å². The Kier molecular flexibility index (Phi) is 5.81. The maximum Gasteiger partial charge on any atom is 0.251 e. The Bertz CT molecular complexity index is 433. The highest BCUT2D eigenvalue weighted by Gasteiger charge is 2.27. The van der Waals surface area contributed by atoms with Gasteiger partial charge in [0.15, 0.2) is 0 Å². The molecule has 0 bridgehead atoms. The molecule has 0 aliphatic carbocycles. The molecule has 0 radical (unpaired) electrons. The van der Waals surface area contributed by atoms with Gasteiger partial charge in [-0.05, 0) is 36.0 Å². The van der Waals surface area contributed by atoms with Crippen molar-refractivity contribution < 1.29 is 4.79 Å². The van der Waals surface area contributed by atoms with Gasteiger partial charge in [-0.1, -0.05) is 62.7 Å². The van der Waals surface area contributed by atoms with E-state index < -0.39 is 0 Å². The average Bonchev–Trinajstić information content (AvgIpc) is 2.44. The predicted molar refractivity (Wildman–Crippen MR) is 89.7 cm³/mol. The van der Waals surface area contributed by atoms with Crippen LogP contribution < -0.4 is 5.32 Å². The first-order valence-corrected chi connectivity index (χ1v) is 8.39. The summed E-state index contributed by atoms with van der Waals surface area (Å²) in [6.07, 6.45) is 1.83. The van der Waals surface area contributed by atoms with Crippen molar-refractivity contribution in [2.75, 3.05) is 5.33 Å². The number of benzene rings is 1. The lowest BCUT2D eigenvalue weighted by Crippen LogP contribution is -2.49. The van der Waals surface area contributed by atoms with Crippen LogP contribution in [-0.2, 0) is 5.41 Å². The van der Waals surface area contributed by atoms with E-state index in [2.05, 4.69) is 55.9 Å². The molecular formula is C17H26BrNO. The van der Waals surface area contributed by atoms with E-state index in [-0.39, 0.29) is 16.9 Å². The lowest BCUT2D eigenvalue weighted by atomic mass is 9.86. The van der Waals surface area contributed by atoms with Crippen LogP contribution in [0.25, 0.3) is 0 Å². The van der Waals surface area contributed by atoms with Gasteiger partial charge in [0.25, 0.3) is 5.91 Å². The van der Waals surface area contributed by atoms with Gasteiger partial charge in [0, 0.05) is 16.4 Å². The standard InChI is InChI=1S/C17H26BrNO/c1-6-17(7-2,12-18)19-15(20)13-8-10-14(11-9-13)16(3,4)5/h8-11H,6-7,12H2,1-5H3,(H,19,20). The second kappa shape index (κ2) is 6.75. The SMILES string of the molecule is CCC(CC)(CBr)NC(=O)c1ccc(C(C)(C)C)cc1. The second-order valence-corrected chi connectivity index (χ2v) is 6.96. The zero-order valence-electron chi connectivity index (χ0n) is 13.2. The molecule has 112 valence electrons. The average molecular weight is 340 g/mol. The number of rotatable bonds is 5. The van der Waals surface area contributed by atoms with Gasteiger partial charge in [0.05, 0.1) is 0 Å². The number of hydrogen-bond donors (Lipinski definition) is 1. The quantitative estimate of drug-likeness (QED) is 0.776. The second-order valence-electron chi connectivity index (χ2n) is 6.40. The zero-order chi connectivity index (χ0) is 15.4. The largest absolute Gasteiger partial charge is 0.346 e. The van der Waals surface area contributed by atoms with Crippen molar-refractivity contribution in [3.8, 4) is 0 Å². The van der Waals surface area contributed by atoms with E-state index in [1.807, 2.05) is 24.3 Å². The minimum absolute atomic E-state index is 0.00797. The van der Waals surface area contributed by atoms with Crippen molar-refractivity contribution >= 4 is 21.8 Å². The van der Waals surface area contributed by atoms with Crippen molar-refractivity contribution in [1.29, 1.82) is 0 Å². The smallest absolute Gasteiger partial charge is 0.251 e. The van der Waals surface area contributed by atoms with E-state index in [4.69, 9.17) is 0 Å². The van der Waals surface area contributed by atoms with Crippen molar-refractivity contribution in [2.24, 2.45) is 0 Å². The molecule has 1 aromatic carbocycles. The van der Waals surface area contributed by atoms with E-state index in [0.29, 0.717) is 0 Å². The molecule has 0 unspecified atom stereocenters. The van der Waals surface area contributed by atoms with Gasteiger partial charge < -0.3 is 5.32 Å². The summed E-state index contributed by atoms with van der Waals surface area (Å²) in [6, 6.07) is 7.92. The number of alkyl halides is 1. The molecule has 0 atom stereocenters. The van der Waals surface area contributed by atoms with Crippen molar-refractivity contribution in [2.45, 2.75) is 58.4 Å². The Morgan fingerprint density at radius 3 is 1.95 bits per heavy atom. The van der Waals surface area contributed by atoms with Gasteiger partial charge in [-0.15, -0.1) is 0 Å². The first-order chi connectivity index (χ1) is 9.28. The molecule has 0 saturated heterocycles. The number of nitrogens with one attached hydrogen (secondary N) is 1. The number of halogens is 1. The highest BCUT2D eigenvalue weighted by molar-refractivity contribution is 9.09. The normalized spacial score (nSPS) is 12.3. The summed E-state index contributed by atoms with van der Waals surface area (Å²) in [5.41, 5.74) is 1.93. The first kappa shape index (κ1) is 17.2. The van der Waals surface area contributed by atoms with Crippen molar-refractivity contribution in [3.05, 3.63) is 35.4 Å². The molecule has 0 aliphatic rings. The van der Waals surface area contributed by atoms with Gasteiger partial charge in [-0.3, -0.25) is 4.79 Å². The predicted octanol–water partition coefficient (Wildman–Crippen LogP) is 4.67. The van der Waals surface area contributed by atoms with Crippen LogP contribution in [0.3, 0.4) is 0 Å². The molecule has 0 aliphatic heterocycles. The van der Waals surface area contributed by atoms with Crippen LogP contribution in [0.1, 0.15) is 63.4 Å². The van der Waals surface area contributed by atoms with Crippen LogP contribution in [-0.4, -0.2) is 16.8 Å². The summed E-state index contributed by atoms with van der Waals surface area (Å²) >= 11 is 3.52. The summed E-state index contributed by atoms with van der Waals surface area (Å²) in [5, 5.41) is 3.94. The molecule has 1 amide bonds. The molecule has 0 aromatic heterocycles. The third kappa shape index (κ3) is 4.08. The van der Waals surface area contributed by atoms with Crippen LogP contribution in [0.5, 0.6) is 0 Å². The molecule has 0 heterocycles. The maximum absolute atomic E-state index is 12.4. The molecule has 0 fully saturated rings. The minimum Gasteiger partial charge on any atom is -0.346 e. The van der Waals surface area contributed by atoms with E-state index >= 15 is 0 Å².